The van der Waals surface area contributed by atoms with Gasteiger partial charge in [0, 0.05) is 56.3 Å². The van der Waals surface area contributed by atoms with Crippen molar-refractivity contribution >= 4 is 114 Å². The molecule has 32 heteroatoms. The summed E-state index contributed by atoms with van der Waals surface area (Å²) in [4.78, 5) is -1.17. The Morgan fingerprint density at radius 2 is 0.571 bits per heavy atom. The van der Waals surface area contributed by atoms with E-state index in [4.69, 9.17) is 89.8 Å². The van der Waals surface area contributed by atoms with Crippen molar-refractivity contribution in [1.29, 1.82) is 0 Å². The summed E-state index contributed by atoms with van der Waals surface area (Å²) < 4.78 is 232. The van der Waals surface area contributed by atoms with Gasteiger partial charge in [0.2, 0.25) is 0 Å². The minimum Gasteiger partial charge on any atom is -0.399 e. The van der Waals surface area contributed by atoms with Crippen LogP contribution in [0.15, 0.2) is 78.9 Å². The van der Waals surface area contributed by atoms with Gasteiger partial charge < -0.3 is 55.3 Å². The summed E-state index contributed by atoms with van der Waals surface area (Å²) in [6, 6.07) is 16.6. The summed E-state index contributed by atoms with van der Waals surface area (Å²) in [5, 5.41) is 13.4. The van der Waals surface area contributed by atoms with E-state index in [0.29, 0.717) is 28.2 Å². The van der Waals surface area contributed by atoms with Crippen LogP contribution in [0.3, 0.4) is 0 Å². The highest BCUT2D eigenvalue weighted by Gasteiger charge is 2.52. The SMILES string of the molecule is CC[C@]1(F)CC[C@@](CF)(c2cc(N)ccc2F)NC1=S.C[C@@]1(c2cc(N)cc(F)c2F)CC[C@@](F)(CF)C(=S)N1.C[C@@]1(c2cc(N)cc(F)c2F)CC[C@](F)(CF)C(=S)N1.C[C@@]1(c2cc(N)ccc2F)CC[C@@](F)(CF)C(=S)N1.C[C@@]1(c2cc(N)ccc2F)CC[C@](F)(CF)C(=S)N1. The number of nitrogens with one attached hydrogen (secondary N) is 5. The fourth-order valence-corrected chi connectivity index (χ4v) is 13.7. The Balaban J connectivity index is 0.000000193. The number of thiocarbonyl (C=S) groups is 5. The van der Waals surface area contributed by atoms with E-state index in [2.05, 4.69) is 26.6 Å². The van der Waals surface area contributed by atoms with Crippen LogP contribution in [0.5, 0.6) is 0 Å². The van der Waals surface area contributed by atoms with E-state index < -0.39 is 130 Å². The molecule has 98 heavy (non-hydrogen) atoms. The molecule has 0 bridgehead atoms. The molecule has 538 valence electrons. The number of nitrogen functional groups attached to an aromatic ring is 5. The lowest BCUT2D eigenvalue weighted by molar-refractivity contribution is 0.138. The van der Waals surface area contributed by atoms with Crippen LogP contribution in [0, 0.1) is 40.7 Å². The molecule has 0 radical (unpaired) electrons. The molecule has 10 rings (SSSR count). The smallest absolute Gasteiger partial charge is 0.188 e. The number of hydrogen-bond donors (Lipinski definition) is 10. The van der Waals surface area contributed by atoms with Crippen LogP contribution in [0.4, 0.5) is 103 Å². The fraction of sp³-hybridized carbons (Fsp3) is 0.470. The molecule has 0 saturated carbocycles. The van der Waals surface area contributed by atoms with Crippen molar-refractivity contribution in [2.45, 2.75) is 161 Å². The van der Waals surface area contributed by atoms with Gasteiger partial charge in [0.05, 0.1) is 27.7 Å². The lowest BCUT2D eigenvalue weighted by Crippen LogP contribution is -2.59. The lowest BCUT2D eigenvalue weighted by atomic mass is 9.77. The van der Waals surface area contributed by atoms with Gasteiger partial charge in [0.25, 0.3) is 0 Å². The van der Waals surface area contributed by atoms with E-state index in [9.17, 15) is 74.6 Å². The van der Waals surface area contributed by atoms with Crippen LogP contribution in [-0.4, -0.2) is 86.7 Å². The maximum atomic E-state index is 14.4. The zero-order chi connectivity index (χ0) is 73.7. The van der Waals surface area contributed by atoms with Gasteiger partial charge in [-0.25, -0.2) is 74.6 Å². The topological polar surface area (TPSA) is 190 Å². The van der Waals surface area contributed by atoms with E-state index in [1.54, 1.807) is 34.6 Å². The van der Waals surface area contributed by atoms with Gasteiger partial charge in [-0.3, -0.25) is 0 Å². The third-order valence-electron chi connectivity index (χ3n) is 18.6. The summed E-state index contributed by atoms with van der Waals surface area (Å²) in [7, 11) is 0. The fourth-order valence-electron chi connectivity index (χ4n) is 11.8. The average molecular weight is 1490 g/mol. The molecule has 5 aliphatic rings. The molecule has 5 heterocycles. The molecule has 0 amide bonds. The molecule has 0 unspecified atom stereocenters. The predicted molar refractivity (Wildman–Crippen MR) is 369 cm³/mol. The lowest BCUT2D eigenvalue weighted by Gasteiger charge is -2.43. The van der Waals surface area contributed by atoms with Crippen LogP contribution >= 0.6 is 61.1 Å². The number of rotatable bonds is 11. The highest BCUT2D eigenvalue weighted by molar-refractivity contribution is 7.81. The second kappa shape index (κ2) is 30.7. The summed E-state index contributed by atoms with van der Waals surface area (Å²) >= 11 is 24.4. The predicted octanol–water partition coefficient (Wildman–Crippen LogP) is 15.7. The Bertz CT molecular complexity index is 3640. The minimum absolute atomic E-state index is 0.0433. The van der Waals surface area contributed by atoms with E-state index in [0.717, 1.165) is 12.1 Å². The number of alkyl halides is 10. The van der Waals surface area contributed by atoms with E-state index in [-0.39, 0.29) is 124 Å². The molecule has 5 aliphatic heterocycles. The molecule has 0 aromatic heterocycles. The Labute approximate surface area is 583 Å². The second-order valence-electron chi connectivity index (χ2n) is 26.0. The summed E-state index contributed by atoms with van der Waals surface area (Å²) in [6.45, 7) is 2.46. The normalized spacial score (nSPS) is 30.5. The zero-order valence-electron chi connectivity index (χ0n) is 53.7. The molecule has 5 fully saturated rings. The summed E-state index contributed by atoms with van der Waals surface area (Å²) in [5.74, 6) is -5.77. The highest BCUT2D eigenvalue weighted by atomic mass is 32.1. The maximum Gasteiger partial charge on any atom is 0.188 e. The number of halogens is 17. The maximum absolute atomic E-state index is 14.4. The molecule has 10 atom stereocenters. The minimum atomic E-state index is -2.25. The van der Waals surface area contributed by atoms with Gasteiger partial charge in [-0.2, -0.15) is 0 Å². The van der Waals surface area contributed by atoms with Crippen molar-refractivity contribution in [2.24, 2.45) is 0 Å². The van der Waals surface area contributed by atoms with Gasteiger partial charge in [0.1, 0.15) is 75.8 Å². The molecule has 15 N–H and O–H groups in total. The van der Waals surface area contributed by atoms with E-state index in [1.807, 2.05) is 0 Å². The van der Waals surface area contributed by atoms with E-state index in [1.165, 1.54) is 66.7 Å². The van der Waals surface area contributed by atoms with Crippen LogP contribution in [0.1, 0.15) is 133 Å². The van der Waals surface area contributed by atoms with Crippen molar-refractivity contribution in [2.75, 3.05) is 62.0 Å². The third kappa shape index (κ3) is 17.0. The summed E-state index contributed by atoms with van der Waals surface area (Å²) in [6.07, 6.45) is 0.397. The highest BCUT2D eigenvalue weighted by Crippen LogP contribution is 2.45. The number of hydrogen-bond acceptors (Lipinski definition) is 10. The van der Waals surface area contributed by atoms with Gasteiger partial charge in [-0.15, -0.1) is 0 Å². The average Bonchev–Trinajstić information content (AvgIpc) is 0.790. The molecule has 5 aromatic rings. The van der Waals surface area contributed by atoms with Crippen molar-refractivity contribution < 1.29 is 74.6 Å². The van der Waals surface area contributed by atoms with Gasteiger partial charge in [-0.1, -0.05) is 68.0 Å². The first-order valence-electron chi connectivity index (χ1n) is 30.5. The van der Waals surface area contributed by atoms with Crippen LogP contribution in [-0.2, 0) is 27.7 Å². The monoisotopic (exact) mass is 1490 g/mol. The Morgan fingerprint density at radius 1 is 0.316 bits per heavy atom. The molecule has 0 aliphatic carbocycles. The Morgan fingerprint density at radius 3 is 0.837 bits per heavy atom. The van der Waals surface area contributed by atoms with Crippen LogP contribution < -0.4 is 55.3 Å². The molecular weight excluding hydrogens is 1420 g/mol. The van der Waals surface area contributed by atoms with Crippen molar-refractivity contribution in [1.82, 2.24) is 26.6 Å². The first-order valence-corrected chi connectivity index (χ1v) is 32.5. The van der Waals surface area contributed by atoms with E-state index >= 15 is 0 Å². The first-order chi connectivity index (χ1) is 45.4. The summed E-state index contributed by atoms with van der Waals surface area (Å²) in [5.41, 5.74) is 14.1. The molecule has 5 saturated heterocycles. The third-order valence-corrected chi connectivity index (χ3v) is 20.9. The van der Waals surface area contributed by atoms with Gasteiger partial charge >= 0.3 is 0 Å². The quantitative estimate of drug-likeness (QED) is 0.0341. The Hall–Kier alpha value is -6.64. The molecule has 5 aromatic carbocycles. The largest absolute Gasteiger partial charge is 0.399 e. The zero-order valence-corrected chi connectivity index (χ0v) is 57.8. The van der Waals surface area contributed by atoms with Crippen LogP contribution in [0.2, 0.25) is 0 Å². The number of benzene rings is 5. The standard InChI is InChI=1S/C14H17F3N2S.2C13H14F4N2S.2C13H15F3N2S/c1-2-13(17)5-6-14(8-15,19-12(13)20)10-7-9(18)3-4-11(10)16;2*1-12(2-3-13(17,6-14)11(20)19-12)8-4-7(18)5-9(15)10(8)16;2*1-12(9-6-8(17)2-3-10(9)15)4-5-13(16,7-14)11(19)18-12/h3-4,7H,2,5-6,8,18H2,1H3,(H,19,20);2*4-5H,2-3,6,18H2,1H3,(H,19,20);2*2-3,6H,4-5,7,17H2,1H3,(H,18,19)/t13-,14+;12-,13+;12-,13-;12-,13+;12-,13-/m00000/s1. The number of anilines is 5. The van der Waals surface area contributed by atoms with Crippen molar-refractivity contribution in [3.8, 4) is 0 Å². The second-order valence-corrected chi connectivity index (χ2v) is 28.0. The number of piperidine rings is 5. The number of nitrogens with two attached hydrogens (primary N) is 5. The van der Waals surface area contributed by atoms with Crippen molar-refractivity contribution in [3.05, 3.63) is 147 Å². The van der Waals surface area contributed by atoms with Gasteiger partial charge in [-0.05, 0) is 177 Å². The molecule has 0 spiro atoms. The molecule has 10 nitrogen and oxygen atoms in total. The van der Waals surface area contributed by atoms with Gasteiger partial charge in [0.15, 0.2) is 51.6 Å². The van der Waals surface area contributed by atoms with Crippen molar-refractivity contribution in [3.63, 3.8) is 0 Å². The molecular formula is C66H75F17N10S5. The van der Waals surface area contributed by atoms with Crippen LogP contribution in [0.25, 0.3) is 0 Å². The Kier molecular flexibility index (Phi) is 25.1. The first kappa shape index (κ1) is 80.3.